The summed E-state index contributed by atoms with van der Waals surface area (Å²) in [6, 6.07) is 10.7. The van der Waals surface area contributed by atoms with Gasteiger partial charge in [-0.3, -0.25) is 9.59 Å². The zero-order valence-corrected chi connectivity index (χ0v) is 23.3. The number of hydrogen-bond acceptors (Lipinski definition) is 7. The first kappa shape index (κ1) is 27.5. The van der Waals surface area contributed by atoms with Gasteiger partial charge in [0.2, 0.25) is 17.4 Å². The van der Waals surface area contributed by atoms with Gasteiger partial charge in [-0.1, -0.05) is 11.6 Å². The highest BCUT2D eigenvalue weighted by Crippen LogP contribution is 2.27. The van der Waals surface area contributed by atoms with E-state index < -0.39 is 22.0 Å². The Hall–Kier alpha value is -4.07. The van der Waals surface area contributed by atoms with Crippen LogP contribution in [0, 0.1) is 5.21 Å². The molecule has 14 heteroatoms. The molecule has 208 valence electrons. The van der Waals surface area contributed by atoms with E-state index in [2.05, 4.69) is 15.0 Å². The SMILES string of the molecule is CN(C)C(=O)CC1CN(S(=O)(=O)c2cc3cc(Cl)ccc3[nH]2)CCN1C(=O)c1ncc(-c2cccc[n+]2[O-])cn1. The summed E-state index contributed by atoms with van der Waals surface area (Å²) in [4.78, 5) is 40.2. The molecule has 3 aromatic heterocycles. The number of H-pyrrole nitrogens is 1. The molecule has 40 heavy (non-hydrogen) atoms. The lowest BCUT2D eigenvalue weighted by Crippen LogP contribution is -2.57. The van der Waals surface area contributed by atoms with Crippen LogP contribution >= 0.6 is 11.6 Å². The van der Waals surface area contributed by atoms with Crippen LogP contribution in [-0.4, -0.2) is 89.1 Å². The summed E-state index contributed by atoms with van der Waals surface area (Å²) in [7, 11) is -0.786. The number of sulfonamides is 1. The van der Waals surface area contributed by atoms with E-state index in [-0.39, 0.29) is 42.8 Å². The maximum Gasteiger partial charge on any atom is 0.292 e. The van der Waals surface area contributed by atoms with Crippen molar-refractivity contribution in [3.05, 3.63) is 77.1 Å². The minimum absolute atomic E-state index is 0.00215. The predicted octanol–water partition coefficient (Wildman–Crippen LogP) is 1.91. The fourth-order valence-electron chi connectivity index (χ4n) is 4.58. The first-order chi connectivity index (χ1) is 19.0. The number of hydrogen-bond donors (Lipinski definition) is 1. The summed E-state index contributed by atoms with van der Waals surface area (Å²) in [6.45, 7) is -0.0585. The second kappa shape index (κ2) is 10.8. The van der Waals surface area contributed by atoms with Crippen molar-refractivity contribution in [1.82, 2.24) is 29.1 Å². The van der Waals surface area contributed by atoms with Gasteiger partial charge in [-0.25, -0.2) is 18.4 Å². The van der Waals surface area contributed by atoms with Gasteiger partial charge in [0.25, 0.3) is 15.9 Å². The monoisotopic (exact) mass is 583 g/mol. The molecule has 1 aromatic carbocycles. The van der Waals surface area contributed by atoms with Crippen LogP contribution in [0.3, 0.4) is 0 Å². The molecule has 4 heterocycles. The van der Waals surface area contributed by atoms with E-state index in [9.17, 15) is 23.2 Å². The molecule has 1 N–H and O–H groups in total. The fourth-order valence-corrected chi connectivity index (χ4v) is 6.24. The third kappa shape index (κ3) is 5.35. The Morgan fingerprint density at radius 1 is 1.15 bits per heavy atom. The molecule has 0 aliphatic carbocycles. The van der Waals surface area contributed by atoms with E-state index in [1.165, 1.54) is 38.8 Å². The maximum absolute atomic E-state index is 13.6. The Labute approximate surface area is 235 Å². The zero-order chi connectivity index (χ0) is 28.6. The molecule has 0 bridgehead atoms. The Morgan fingerprint density at radius 2 is 1.90 bits per heavy atom. The second-order valence-electron chi connectivity index (χ2n) is 9.58. The van der Waals surface area contributed by atoms with Gasteiger partial charge in [0.1, 0.15) is 5.03 Å². The van der Waals surface area contributed by atoms with Gasteiger partial charge in [0.15, 0.2) is 6.20 Å². The third-order valence-corrected chi connectivity index (χ3v) is 8.78. The van der Waals surface area contributed by atoms with Crippen LogP contribution in [0.5, 0.6) is 0 Å². The molecule has 0 radical (unpaired) electrons. The second-order valence-corrected chi connectivity index (χ2v) is 11.9. The number of rotatable bonds is 6. The van der Waals surface area contributed by atoms with E-state index in [4.69, 9.17) is 11.6 Å². The van der Waals surface area contributed by atoms with E-state index in [0.717, 1.165) is 0 Å². The number of fused-ring (bicyclic) bond motifs is 1. The number of carbonyl (C=O) groups is 2. The smallest absolute Gasteiger partial charge is 0.292 e. The molecule has 4 aromatic rings. The molecule has 1 saturated heterocycles. The highest BCUT2D eigenvalue weighted by atomic mass is 35.5. The van der Waals surface area contributed by atoms with Gasteiger partial charge in [-0.15, -0.1) is 0 Å². The van der Waals surface area contributed by atoms with Crippen molar-refractivity contribution in [2.75, 3.05) is 33.7 Å². The van der Waals surface area contributed by atoms with Crippen LogP contribution < -0.4 is 4.73 Å². The number of carbonyl (C=O) groups excluding carboxylic acids is 2. The van der Waals surface area contributed by atoms with Crippen molar-refractivity contribution in [3.63, 3.8) is 0 Å². The van der Waals surface area contributed by atoms with Gasteiger partial charge in [0, 0.05) is 80.6 Å². The number of pyridine rings is 1. The molecule has 0 saturated carbocycles. The summed E-state index contributed by atoms with van der Waals surface area (Å²) in [5.74, 6) is -0.922. The number of halogens is 1. The van der Waals surface area contributed by atoms with Gasteiger partial charge in [-0.05, 0) is 30.3 Å². The molecular formula is C26H26ClN7O5S. The molecule has 2 amide bonds. The Bertz CT molecular complexity index is 1690. The first-order valence-corrected chi connectivity index (χ1v) is 14.2. The highest BCUT2D eigenvalue weighted by Gasteiger charge is 2.39. The molecule has 1 atom stereocenters. The summed E-state index contributed by atoms with van der Waals surface area (Å²) in [5.41, 5.74) is 1.38. The van der Waals surface area contributed by atoms with Crippen molar-refractivity contribution >= 4 is 44.3 Å². The summed E-state index contributed by atoms with van der Waals surface area (Å²) in [6.07, 6.45) is 4.02. The molecule has 1 unspecified atom stereocenters. The molecule has 12 nitrogen and oxygen atoms in total. The molecule has 1 fully saturated rings. The summed E-state index contributed by atoms with van der Waals surface area (Å²) < 4.78 is 29.1. The summed E-state index contributed by atoms with van der Waals surface area (Å²) >= 11 is 6.05. The standard InChI is InChI=1S/C26H26ClN7O5S/c1-31(2)24(35)13-20-16-32(40(38,39)23-12-17-11-19(27)6-7-21(17)30-23)9-10-33(20)26(36)25-28-14-18(15-29-25)22-5-3-4-8-34(22)37/h3-8,11-12,14-15,20,30H,9-10,13,16H2,1-2H3. The van der Waals surface area contributed by atoms with Gasteiger partial charge in [-0.2, -0.15) is 9.04 Å². The Kier molecular flexibility index (Phi) is 7.45. The number of benzene rings is 1. The van der Waals surface area contributed by atoms with Gasteiger partial charge >= 0.3 is 0 Å². The number of aromatic amines is 1. The third-order valence-electron chi connectivity index (χ3n) is 6.75. The lowest BCUT2D eigenvalue weighted by molar-refractivity contribution is -0.593. The fraction of sp³-hybridized carbons (Fsp3) is 0.269. The highest BCUT2D eigenvalue weighted by molar-refractivity contribution is 7.89. The number of nitrogens with one attached hydrogen (secondary N) is 1. The van der Waals surface area contributed by atoms with Crippen LogP contribution in [0.25, 0.3) is 22.2 Å². The molecule has 1 aliphatic rings. The largest absolute Gasteiger partial charge is 0.618 e. The topological polar surface area (TPSA) is 147 Å². The molecule has 1 aliphatic heterocycles. The zero-order valence-electron chi connectivity index (χ0n) is 21.7. The normalized spacial score (nSPS) is 16.3. The van der Waals surface area contributed by atoms with Crippen LogP contribution in [0.2, 0.25) is 5.02 Å². The van der Waals surface area contributed by atoms with Crippen LogP contribution in [0.4, 0.5) is 0 Å². The van der Waals surface area contributed by atoms with Gasteiger partial charge < -0.3 is 20.0 Å². The quantitative estimate of drug-likeness (QED) is 0.269. The number of nitrogens with zero attached hydrogens (tertiary/aromatic N) is 6. The minimum atomic E-state index is -3.97. The lowest BCUT2D eigenvalue weighted by atomic mass is 10.1. The van der Waals surface area contributed by atoms with Crippen LogP contribution in [0.1, 0.15) is 17.0 Å². The van der Waals surface area contributed by atoms with Crippen molar-refractivity contribution in [3.8, 4) is 11.3 Å². The van der Waals surface area contributed by atoms with E-state index in [1.54, 1.807) is 50.5 Å². The predicted molar refractivity (Wildman–Crippen MR) is 147 cm³/mol. The van der Waals surface area contributed by atoms with Crippen molar-refractivity contribution in [2.24, 2.45) is 0 Å². The molecule has 0 spiro atoms. The van der Waals surface area contributed by atoms with Gasteiger partial charge in [0.05, 0.1) is 11.6 Å². The Morgan fingerprint density at radius 3 is 2.60 bits per heavy atom. The van der Waals surface area contributed by atoms with Crippen molar-refractivity contribution < 1.29 is 22.7 Å². The minimum Gasteiger partial charge on any atom is -0.618 e. The number of amides is 2. The lowest BCUT2D eigenvalue weighted by Gasteiger charge is -2.40. The van der Waals surface area contributed by atoms with E-state index >= 15 is 0 Å². The van der Waals surface area contributed by atoms with Crippen molar-refractivity contribution in [2.45, 2.75) is 17.5 Å². The average molecular weight is 584 g/mol. The van der Waals surface area contributed by atoms with Crippen molar-refractivity contribution in [1.29, 1.82) is 0 Å². The van der Waals surface area contributed by atoms with E-state index in [1.807, 2.05) is 0 Å². The first-order valence-electron chi connectivity index (χ1n) is 12.3. The van der Waals surface area contributed by atoms with E-state index in [0.29, 0.717) is 31.9 Å². The average Bonchev–Trinajstić information content (AvgIpc) is 3.37. The molecule has 5 rings (SSSR count). The Balaban J connectivity index is 1.40. The maximum atomic E-state index is 13.6. The van der Waals surface area contributed by atoms with Crippen LogP contribution in [-0.2, 0) is 14.8 Å². The number of piperazine rings is 1. The summed E-state index contributed by atoms with van der Waals surface area (Å²) in [5, 5.41) is 13.2. The number of aromatic nitrogens is 4. The molecular weight excluding hydrogens is 558 g/mol. The van der Waals surface area contributed by atoms with Crippen LogP contribution in [0.15, 0.2) is 66.1 Å².